The third-order valence-electron chi connectivity index (χ3n) is 4.23. The summed E-state index contributed by atoms with van der Waals surface area (Å²) in [7, 11) is 0. The molecule has 6 heteroatoms. The van der Waals surface area contributed by atoms with Crippen molar-refractivity contribution in [1.82, 2.24) is 19.7 Å². The van der Waals surface area contributed by atoms with Crippen LogP contribution in [0.3, 0.4) is 0 Å². The smallest absolute Gasteiger partial charge is 0.376 e. The molecule has 0 N–H and O–H groups in total. The van der Waals surface area contributed by atoms with E-state index in [9.17, 15) is 4.79 Å². The van der Waals surface area contributed by atoms with Crippen LogP contribution < -0.4 is 0 Å². The normalized spacial score (nSPS) is 26.6. The van der Waals surface area contributed by atoms with Crippen molar-refractivity contribution in [3.05, 3.63) is 11.6 Å². The molecule has 2 aliphatic heterocycles. The molecule has 0 aliphatic carbocycles. The van der Waals surface area contributed by atoms with Crippen molar-refractivity contribution in [3.63, 3.8) is 0 Å². The van der Waals surface area contributed by atoms with E-state index in [0.29, 0.717) is 24.5 Å². The lowest BCUT2D eigenvalue weighted by atomic mass is 10.1. The number of carbonyl (C=O) groups excluding carboxylic acids is 1. The molecule has 2 saturated heterocycles. The summed E-state index contributed by atoms with van der Waals surface area (Å²) in [6, 6.07) is 0.847. The van der Waals surface area contributed by atoms with Gasteiger partial charge in [0.15, 0.2) is 0 Å². The fourth-order valence-corrected chi connectivity index (χ4v) is 3.46. The molecule has 3 heterocycles. The van der Waals surface area contributed by atoms with E-state index in [4.69, 9.17) is 4.74 Å². The van der Waals surface area contributed by atoms with Gasteiger partial charge in [-0.3, -0.25) is 4.90 Å². The van der Waals surface area contributed by atoms with Crippen LogP contribution >= 0.6 is 0 Å². The van der Waals surface area contributed by atoms with Crippen molar-refractivity contribution in [2.45, 2.75) is 45.2 Å². The molecule has 0 bridgehead atoms. The van der Waals surface area contributed by atoms with Gasteiger partial charge in [-0.05, 0) is 39.7 Å². The highest BCUT2D eigenvalue weighted by atomic mass is 16.5. The maximum atomic E-state index is 12.0. The zero-order chi connectivity index (χ0) is 13.4. The van der Waals surface area contributed by atoms with Gasteiger partial charge in [-0.1, -0.05) is 0 Å². The van der Waals surface area contributed by atoms with Gasteiger partial charge in [0.1, 0.15) is 5.82 Å². The Morgan fingerprint density at radius 1 is 1.32 bits per heavy atom. The Labute approximate surface area is 112 Å². The van der Waals surface area contributed by atoms with Crippen molar-refractivity contribution < 1.29 is 9.53 Å². The second-order valence-electron chi connectivity index (χ2n) is 5.26. The largest absolute Gasteiger partial charge is 0.460 e. The summed E-state index contributed by atoms with van der Waals surface area (Å²) in [6.07, 6.45) is 3.51. The minimum Gasteiger partial charge on any atom is -0.460 e. The second kappa shape index (κ2) is 4.92. The van der Waals surface area contributed by atoms with Gasteiger partial charge in [0.05, 0.1) is 12.6 Å². The Morgan fingerprint density at radius 2 is 2.16 bits per heavy atom. The van der Waals surface area contributed by atoms with Gasteiger partial charge >= 0.3 is 5.97 Å². The van der Waals surface area contributed by atoms with Gasteiger partial charge < -0.3 is 9.30 Å². The number of rotatable bonds is 3. The Hall–Kier alpha value is -1.43. The van der Waals surface area contributed by atoms with E-state index in [2.05, 4.69) is 15.1 Å². The molecule has 6 nitrogen and oxygen atoms in total. The maximum absolute atomic E-state index is 12.0. The van der Waals surface area contributed by atoms with E-state index in [1.54, 1.807) is 6.92 Å². The lowest BCUT2D eigenvalue weighted by molar-refractivity contribution is 0.0501. The van der Waals surface area contributed by atoms with Gasteiger partial charge in [-0.15, -0.1) is 10.2 Å². The Balaban J connectivity index is 1.91. The summed E-state index contributed by atoms with van der Waals surface area (Å²) in [6.45, 7) is 6.37. The molecule has 104 valence electrons. The molecule has 1 aromatic heterocycles. The predicted molar refractivity (Wildman–Crippen MR) is 69.0 cm³/mol. The standard InChI is InChI=1S/C13H20N4O2/c1-3-19-13(18)12-15-14-9(2)17(12)11-6-8-16-7-4-5-10(11)16/h10-11H,3-8H2,1-2H3. The van der Waals surface area contributed by atoms with E-state index < -0.39 is 0 Å². The Kier molecular flexibility index (Phi) is 3.26. The van der Waals surface area contributed by atoms with Crippen LogP contribution in [0.4, 0.5) is 0 Å². The number of esters is 1. The fraction of sp³-hybridized carbons (Fsp3) is 0.769. The number of fused-ring (bicyclic) bond motifs is 1. The number of ether oxygens (including phenoxy) is 1. The number of hydrogen-bond donors (Lipinski definition) is 0. The van der Waals surface area contributed by atoms with E-state index in [-0.39, 0.29) is 5.97 Å². The van der Waals surface area contributed by atoms with Crippen LogP contribution in [0.1, 0.15) is 48.7 Å². The van der Waals surface area contributed by atoms with E-state index >= 15 is 0 Å². The average Bonchev–Trinajstić information content (AvgIpc) is 3.04. The first-order valence-corrected chi connectivity index (χ1v) is 7.05. The molecular formula is C13H20N4O2. The molecule has 0 amide bonds. The number of hydrogen-bond acceptors (Lipinski definition) is 5. The minimum atomic E-state index is -0.362. The van der Waals surface area contributed by atoms with Crippen LogP contribution in [0, 0.1) is 6.92 Å². The van der Waals surface area contributed by atoms with Gasteiger partial charge in [0.2, 0.25) is 5.82 Å². The van der Waals surface area contributed by atoms with Crippen molar-refractivity contribution in [3.8, 4) is 0 Å². The van der Waals surface area contributed by atoms with Gasteiger partial charge in [-0.25, -0.2) is 4.79 Å². The molecule has 0 spiro atoms. The van der Waals surface area contributed by atoms with Crippen LogP contribution in [0.5, 0.6) is 0 Å². The van der Waals surface area contributed by atoms with E-state index in [1.807, 2.05) is 11.5 Å². The molecule has 0 aromatic carbocycles. The summed E-state index contributed by atoms with van der Waals surface area (Å²) in [5, 5.41) is 8.09. The number of aromatic nitrogens is 3. The highest BCUT2D eigenvalue weighted by Gasteiger charge is 2.40. The number of nitrogens with zero attached hydrogens (tertiary/aromatic N) is 4. The first-order chi connectivity index (χ1) is 9.22. The summed E-state index contributed by atoms with van der Waals surface area (Å²) in [5.74, 6) is 0.805. The first-order valence-electron chi connectivity index (χ1n) is 7.05. The third-order valence-corrected chi connectivity index (χ3v) is 4.23. The summed E-state index contributed by atoms with van der Waals surface area (Å²) in [5.41, 5.74) is 0. The second-order valence-corrected chi connectivity index (χ2v) is 5.26. The van der Waals surface area contributed by atoms with Crippen LogP contribution in [0.2, 0.25) is 0 Å². The van der Waals surface area contributed by atoms with E-state index in [1.165, 1.54) is 19.4 Å². The molecule has 0 saturated carbocycles. The number of carbonyl (C=O) groups is 1. The Morgan fingerprint density at radius 3 is 2.95 bits per heavy atom. The summed E-state index contributed by atoms with van der Waals surface area (Å²) in [4.78, 5) is 14.5. The third kappa shape index (κ3) is 2.04. The minimum absolute atomic E-state index is 0.317. The van der Waals surface area contributed by atoms with Crippen molar-refractivity contribution >= 4 is 5.97 Å². The van der Waals surface area contributed by atoms with Crippen LogP contribution in [-0.4, -0.2) is 51.4 Å². The van der Waals surface area contributed by atoms with Crippen LogP contribution in [0.15, 0.2) is 0 Å². The molecule has 1 aromatic rings. The van der Waals surface area contributed by atoms with Crippen molar-refractivity contribution in [1.29, 1.82) is 0 Å². The highest BCUT2D eigenvalue weighted by molar-refractivity contribution is 5.85. The molecule has 2 unspecified atom stereocenters. The highest BCUT2D eigenvalue weighted by Crippen LogP contribution is 2.37. The fourth-order valence-electron chi connectivity index (χ4n) is 3.46. The molecule has 3 rings (SSSR count). The zero-order valence-electron chi connectivity index (χ0n) is 11.5. The quantitative estimate of drug-likeness (QED) is 0.767. The topological polar surface area (TPSA) is 60.2 Å². The molecule has 2 aliphatic rings. The molecule has 2 fully saturated rings. The van der Waals surface area contributed by atoms with Gasteiger partial charge in [-0.2, -0.15) is 0 Å². The van der Waals surface area contributed by atoms with Crippen molar-refractivity contribution in [2.24, 2.45) is 0 Å². The molecule has 0 radical (unpaired) electrons. The van der Waals surface area contributed by atoms with Crippen LogP contribution in [-0.2, 0) is 4.74 Å². The van der Waals surface area contributed by atoms with Crippen LogP contribution in [0.25, 0.3) is 0 Å². The molecule has 2 atom stereocenters. The molecular weight excluding hydrogens is 244 g/mol. The van der Waals surface area contributed by atoms with Crippen molar-refractivity contribution in [2.75, 3.05) is 19.7 Å². The summed E-state index contributed by atoms with van der Waals surface area (Å²) >= 11 is 0. The predicted octanol–water partition coefficient (Wildman–Crippen LogP) is 1.17. The average molecular weight is 264 g/mol. The first kappa shape index (κ1) is 12.6. The lowest BCUT2D eigenvalue weighted by Gasteiger charge is -2.23. The van der Waals surface area contributed by atoms with E-state index in [0.717, 1.165) is 18.8 Å². The number of aryl methyl sites for hydroxylation is 1. The lowest BCUT2D eigenvalue weighted by Crippen LogP contribution is -2.29. The zero-order valence-corrected chi connectivity index (χ0v) is 11.5. The maximum Gasteiger partial charge on any atom is 0.376 e. The Bertz CT molecular complexity index is 485. The molecule has 19 heavy (non-hydrogen) atoms. The van der Waals surface area contributed by atoms with Gasteiger partial charge in [0, 0.05) is 12.6 Å². The summed E-state index contributed by atoms with van der Waals surface area (Å²) < 4.78 is 7.07. The monoisotopic (exact) mass is 264 g/mol. The van der Waals surface area contributed by atoms with Gasteiger partial charge in [0.25, 0.3) is 0 Å². The SMILES string of the molecule is CCOC(=O)c1nnc(C)n1C1CCN2CCCC12.